The molecule has 0 bridgehead atoms. The van der Waals surface area contributed by atoms with E-state index in [2.05, 4.69) is 20.3 Å². The topological polar surface area (TPSA) is 140 Å². The minimum absolute atomic E-state index is 0.0144. The van der Waals surface area contributed by atoms with Gasteiger partial charge in [0.1, 0.15) is 29.0 Å². The summed E-state index contributed by atoms with van der Waals surface area (Å²) in [5.74, 6) is -0.775. The summed E-state index contributed by atoms with van der Waals surface area (Å²) in [5.41, 5.74) is 0.242. The maximum atomic E-state index is 15.6. The molecule has 1 aromatic carbocycles. The largest absolute Gasteiger partial charge is 0.444 e. The molecule has 0 fully saturated rings. The van der Waals surface area contributed by atoms with E-state index in [9.17, 15) is 18.3 Å². The molecule has 224 valence electrons. The van der Waals surface area contributed by atoms with E-state index in [1.807, 2.05) is 0 Å². The van der Waals surface area contributed by atoms with Crippen molar-refractivity contribution in [1.82, 2.24) is 24.2 Å². The molecular formula is C29H28ClFN6O5S. The van der Waals surface area contributed by atoms with Crippen LogP contribution in [0.4, 0.5) is 15.0 Å². The minimum atomic E-state index is -4.15. The summed E-state index contributed by atoms with van der Waals surface area (Å²) in [4.78, 5) is 26.0. The summed E-state index contributed by atoms with van der Waals surface area (Å²) in [7, 11) is -4.15. The van der Waals surface area contributed by atoms with Gasteiger partial charge in [-0.3, -0.25) is 5.32 Å². The molecule has 0 saturated carbocycles. The number of alkyl carbamates (subject to hydrolysis) is 1. The molecule has 0 spiro atoms. The molecule has 1 aliphatic rings. The van der Waals surface area contributed by atoms with Gasteiger partial charge in [0.2, 0.25) is 5.95 Å². The molecule has 0 saturated heterocycles. The first-order valence-electron chi connectivity index (χ1n) is 13.1. The number of aliphatic hydroxyl groups is 1. The van der Waals surface area contributed by atoms with Crippen molar-refractivity contribution in [1.29, 1.82) is 0 Å². The Kier molecular flexibility index (Phi) is 7.99. The first-order chi connectivity index (χ1) is 20.3. The number of carbonyl (C=O) groups excluding carboxylic acids is 1. The highest BCUT2D eigenvalue weighted by Crippen LogP contribution is 2.36. The second kappa shape index (κ2) is 11.4. The summed E-state index contributed by atoms with van der Waals surface area (Å²) >= 11 is 6.33. The number of aliphatic hydroxyl groups excluding tert-OH is 1. The number of hydrogen-bond donors (Lipinski definition) is 2. The Balaban J connectivity index is 1.46. The molecule has 43 heavy (non-hydrogen) atoms. The molecule has 0 radical (unpaired) electrons. The Morgan fingerprint density at radius 1 is 1.12 bits per heavy atom. The van der Waals surface area contributed by atoms with E-state index in [1.165, 1.54) is 24.3 Å². The van der Waals surface area contributed by atoms with Crippen molar-refractivity contribution in [2.75, 3.05) is 11.4 Å². The predicted octanol–water partition coefficient (Wildman–Crippen LogP) is 5.07. The molecule has 1 aliphatic heterocycles. The number of nitrogens with zero attached hydrogens (tertiary/aromatic N) is 5. The average Bonchev–Trinajstić information content (AvgIpc) is 3.35. The Morgan fingerprint density at radius 3 is 2.51 bits per heavy atom. The third-order valence-corrected chi connectivity index (χ3v) is 8.46. The minimum Gasteiger partial charge on any atom is -0.444 e. The van der Waals surface area contributed by atoms with Crippen LogP contribution in [0, 0.1) is 5.95 Å². The number of rotatable bonds is 6. The zero-order valence-electron chi connectivity index (χ0n) is 23.6. The first-order valence-corrected chi connectivity index (χ1v) is 14.9. The molecular weight excluding hydrogens is 599 g/mol. The highest BCUT2D eigenvalue weighted by atomic mass is 35.5. The van der Waals surface area contributed by atoms with E-state index in [0.717, 1.165) is 22.2 Å². The molecule has 11 nitrogen and oxygen atoms in total. The number of carbonyl (C=O) groups is 1. The molecule has 4 aromatic rings. The Morgan fingerprint density at radius 2 is 1.84 bits per heavy atom. The summed E-state index contributed by atoms with van der Waals surface area (Å²) in [6, 6.07) is 10.5. The zero-order valence-corrected chi connectivity index (χ0v) is 25.2. The van der Waals surface area contributed by atoms with Crippen molar-refractivity contribution in [2.45, 2.75) is 44.3 Å². The fourth-order valence-electron chi connectivity index (χ4n) is 4.51. The van der Waals surface area contributed by atoms with E-state index in [1.54, 1.807) is 62.9 Å². The first kappa shape index (κ1) is 30.1. The lowest BCUT2D eigenvalue weighted by atomic mass is 10.0. The standard InChI is InChI=1S/C29H28ClFN6O5S/c1-17-10-11-18(34-28(39)42-29(2,3)4)14-36(17)22-13-12-20(26(31)35-22)24(38)21-15-37(27-23(21)25(30)32-16-33-27)43(40,41)19-8-6-5-7-9-19/h5-13,15-16,24,38H,14H2,1-4H3,(H,34,39). The molecule has 4 heterocycles. The number of hydrogen-bond acceptors (Lipinski definition) is 9. The van der Waals surface area contributed by atoms with Crippen LogP contribution >= 0.6 is 11.6 Å². The van der Waals surface area contributed by atoms with Crippen LogP contribution in [0.3, 0.4) is 0 Å². The van der Waals surface area contributed by atoms with Gasteiger partial charge in [-0.1, -0.05) is 29.8 Å². The monoisotopic (exact) mass is 626 g/mol. The number of amides is 1. The molecule has 5 rings (SSSR count). The maximum absolute atomic E-state index is 15.6. The quantitative estimate of drug-likeness (QED) is 0.222. The van der Waals surface area contributed by atoms with Gasteiger partial charge in [0, 0.05) is 28.7 Å². The van der Waals surface area contributed by atoms with E-state index in [4.69, 9.17) is 16.3 Å². The molecule has 2 N–H and O–H groups in total. The van der Waals surface area contributed by atoms with Gasteiger partial charge in [-0.25, -0.2) is 32.1 Å². The van der Waals surface area contributed by atoms with Crippen molar-refractivity contribution in [3.8, 4) is 0 Å². The van der Waals surface area contributed by atoms with Gasteiger partial charge >= 0.3 is 6.09 Å². The number of ether oxygens (including phenoxy) is 1. The smallest absolute Gasteiger partial charge is 0.411 e. The van der Waals surface area contributed by atoms with Crippen molar-refractivity contribution >= 4 is 44.6 Å². The number of pyridine rings is 1. The number of halogens is 2. The van der Waals surface area contributed by atoms with Gasteiger partial charge in [-0.2, -0.15) is 4.39 Å². The zero-order chi connectivity index (χ0) is 31.1. The fraction of sp³-hybridized carbons (Fsp3) is 0.241. The third kappa shape index (κ3) is 6.10. The van der Waals surface area contributed by atoms with Crippen LogP contribution in [-0.4, -0.2) is 50.7 Å². The molecule has 1 unspecified atom stereocenters. The Labute approximate surface area is 252 Å². The van der Waals surface area contributed by atoms with E-state index >= 15 is 4.39 Å². The number of allylic oxidation sites excluding steroid dienone is 3. The van der Waals surface area contributed by atoms with E-state index < -0.39 is 33.8 Å². The van der Waals surface area contributed by atoms with Gasteiger partial charge < -0.3 is 14.7 Å². The van der Waals surface area contributed by atoms with Gasteiger partial charge in [-0.05, 0) is 64.1 Å². The molecule has 1 amide bonds. The second-order valence-corrected chi connectivity index (χ2v) is 12.9. The second-order valence-electron chi connectivity index (χ2n) is 10.7. The molecule has 0 aliphatic carbocycles. The lowest BCUT2D eigenvalue weighted by Gasteiger charge is -2.29. The van der Waals surface area contributed by atoms with Crippen LogP contribution < -0.4 is 10.2 Å². The van der Waals surface area contributed by atoms with Gasteiger partial charge in [0.15, 0.2) is 5.65 Å². The Hall–Kier alpha value is -4.33. The Bertz CT molecular complexity index is 1890. The number of nitrogens with one attached hydrogen (secondary N) is 1. The normalized spacial score (nSPS) is 14.7. The molecule has 3 aromatic heterocycles. The van der Waals surface area contributed by atoms with Gasteiger partial charge in [0.25, 0.3) is 10.0 Å². The number of aromatic nitrogens is 4. The lowest BCUT2D eigenvalue weighted by molar-refractivity contribution is 0.0545. The number of anilines is 1. The number of fused-ring (bicyclic) bond motifs is 1. The van der Waals surface area contributed by atoms with Crippen LogP contribution in [0.5, 0.6) is 0 Å². The van der Waals surface area contributed by atoms with Crippen LogP contribution in [0.25, 0.3) is 11.0 Å². The van der Waals surface area contributed by atoms with Crippen LogP contribution in [0.1, 0.15) is 44.9 Å². The van der Waals surface area contributed by atoms with Crippen molar-refractivity contribution in [3.05, 3.63) is 101 Å². The highest BCUT2D eigenvalue weighted by Gasteiger charge is 2.29. The molecule has 1 atom stereocenters. The van der Waals surface area contributed by atoms with Crippen molar-refractivity contribution < 1.29 is 27.4 Å². The number of benzene rings is 1. The van der Waals surface area contributed by atoms with Crippen LogP contribution in [-0.2, 0) is 14.8 Å². The van der Waals surface area contributed by atoms with Gasteiger partial charge in [0.05, 0.1) is 16.8 Å². The summed E-state index contributed by atoms with van der Waals surface area (Å²) < 4.78 is 48.7. The third-order valence-electron chi connectivity index (χ3n) is 6.50. The maximum Gasteiger partial charge on any atom is 0.411 e. The highest BCUT2D eigenvalue weighted by molar-refractivity contribution is 7.90. The van der Waals surface area contributed by atoms with E-state index in [-0.39, 0.29) is 44.6 Å². The van der Waals surface area contributed by atoms with Crippen molar-refractivity contribution in [2.24, 2.45) is 0 Å². The van der Waals surface area contributed by atoms with Crippen LogP contribution in [0.2, 0.25) is 5.15 Å². The summed E-state index contributed by atoms with van der Waals surface area (Å²) in [5, 5.41) is 14.0. The summed E-state index contributed by atoms with van der Waals surface area (Å²) in [6.07, 6.45) is 3.42. The SMILES string of the molecule is CC1=CC=C(NC(=O)OC(C)(C)C)CN1c1ccc(C(O)c2cn(S(=O)(=O)c3ccccc3)c3ncnc(Cl)c23)c(F)n1. The fourth-order valence-corrected chi connectivity index (χ4v) is 6.10. The molecule has 14 heteroatoms. The van der Waals surface area contributed by atoms with Gasteiger partial charge in [-0.15, -0.1) is 0 Å². The average molecular weight is 627 g/mol. The summed E-state index contributed by atoms with van der Waals surface area (Å²) in [6.45, 7) is 7.23. The predicted molar refractivity (Wildman–Crippen MR) is 158 cm³/mol. The lowest BCUT2D eigenvalue weighted by Crippen LogP contribution is -2.37. The van der Waals surface area contributed by atoms with Crippen molar-refractivity contribution in [3.63, 3.8) is 0 Å². The van der Waals surface area contributed by atoms with Crippen LogP contribution in [0.15, 0.2) is 83.4 Å². The van der Waals surface area contributed by atoms with E-state index in [0.29, 0.717) is 5.70 Å².